The van der Waals surface area contributed by atoms with Crippen molar-refractivity contribution in [1.29, 1.82) is 0 Å². The Hall–Kier alpha value is -5.64. The molecule has 0 atom stereocenters. The quantitative estimate of drug-likeness (QED) is 0.155. The fraction of sp³-hybridized carbons (Fsp3) is 0.276. The van der Waals surface area contributed by atoms with Crippen LogP contribution in [0.4, 0.5) is 22.7 Å². The first kappa shape index (κ1) is 44.9. The first-order chi connectivity index (χ1) is 29.7. The van der Waals surface area contributed by atoms with Gasteiger partial charge in [-0.05, 0) is 97.3 Å². The molecule has 0 saturated heterocycles. The summed E-state index contributed by atoms with van der Waals surface area (Å²) in [6.07, 6.45) is 1.91. The van der Waals surface area contributed by atoms with E-state index in [9.17, 15) is 0 Å². The average Bonchev–Trinajstić information content (AvgIpc) is 3.78. The van der Waals surface area contributed by atoms with E-state index in [2.05, 4.69) is 238 Å². The van der Waals surface area contributed by atoms with E-state index in [-0.39, 0.29) is 42.7 Å². The van der Waals surface area contributed by atoms with E-state index in [1.54, 1.807) is 0 Å². The van der Waals surface area contributed by atoms with E-state index in [4.69, 9.17) is 9.72 Å². The normalized spacial score (nSPS) is 13.4. The van der Waals surface area contributed by atoms with E-state index >= 15 is 0 Å². The molecule has 1 aliphatic rings. The van der Waals surface area contributed by atoms with Gasteiger partial charge in [0.05, 0.1) is 0 Å². The summed E-state index contributed by atoms with van der Waals surface area (Å²) in [5.41, 5.74) is 13.2. The molecule has 0 spiro atoms. The van der Waals surface area contributed by atoms with Gasteiger partial charge in [-0.25, -0.2) is 4.98 Å². The monoisotopic (exact) mass is 1020 g/mol. The molecule has 3 heterocycles. The number of pyridine rings is 1. The van der Waals surface area contributed by atoms with Crippen molar-refractivity contribution in [2.75, 3.05) is 9.80 Å². The summed E-state index contributed by atoms with van der Waals surface area (Å²) in [7, 11) is 0. The van der Waals surface area contributed by atoms with Crippen molar-refractivity contribution < 1.29 is 25.8 Å². The van der Waals surface area contributed by atoms with Crippen LogP contribution in [-0.2, 0) is 42.7 Å². The van der Waals surface area contributed by atoms with Crippen molar-refractivity contribution in [1.82, 2.24) is 9.55 Å². The summed E-state index contributed by atoms with van der Waals surface area (Å²) in [4.78, 5) is 9.52. The summed E-state index contributed by atoms with van der Waals surface area (Å²) >= 11 is 0. The van der Waals surface area contributed by atoms with Crippen LogP contribution in [0.25, 0.3) is 38.8 Å². The molecule has 0 fully saturated rings. The van der Waals surface area contributed by atoms with Crippen molar-refractivity contribution in [3.05, 3.63) is 175 Å². The summed E-state index contributed by atoms with van der Waals surface area (Å²) in [5, 5.41) is 2.24. The third-order valence-corrected chi connectivity index (χ3v) is 12.3. The van der Waals surface area contributed by atoms with Crippen molar-refractivity contribution in [2.45, 2.75) is 105 Å². The molecule has 2 aromatic heterocycles. The predicted octanol–water partition coefficient (Wildman–Crippen LogP) is 15.8. The molecule has 0 N–H and O–H groups in total. The Kier molecular flexibility index (Phi) is 11.5. The van der Waals surface area contributed by atoms with Gasteiger partial charge in [0.15, 0.2) is 0 Å². The minimum Gasteiger partial charge on any atom is -0.509 e. The van der Waals surface area contributed by atoms with Crippen LogP contribution in [0.1, 0.15) is 105 Å². The van der Waals surface area contributed by atoms with E-state index in [0.717, 1.165) is 55.9 Å². The van der Waals surface area contributed by atoms with Crippen LogP contribution in [0.5, 0.6) is 11.5 Å². The zero-order valence-electron chi connectivity index (χ0n) is 39.3. The van der Waals surface area contributed by atoms with Crippen molar-refractivity contribution >= 4 is 44.6 Å². The van der Waals surface area contributed by atoms with Gasteiger partial charge in [0, 0.05) is 61.3 Å². The molecule has 0 bridgehead atoms. The molecule has 9 rings (SSSR count). The number of para-hydroxylation sites is 1. The van der Waals surface area contributed by atoms with Crippen LogP contribution >= 0.6 is 0 Å². The number of benzene rings is 6. The summed E-state index contributed by atoms with van der Waals surface area (Å²) in [6, 6.07) is 53.4. The van der Waals surface area contributed by atoms with E-state index in [1.807, 2.05) is 12.3 Å². The van der Waals surface area contributed by atoms with Crippen LogP contribution in [0.3, 0.4) is 0 Å². The van der Waals surface area contributed by atoms with Crippen LogP contribution < -0.4 is 14.5 Å². The standard InChI is InChI=1S/C58H59N4O.Pt/c1-55(2,3)40-22-25-51-53(33-40)61(37-60(51)44-29-39(38-18-14-13-15-19-38)28-42(30-44)57(7,8)9)45-31-43(58(10,11)12)32-47(35-45)63-46-23-24-49-48-20-16-17-21-50(48)62(52(49)36-46)54-34-41(26-27-59-54)56(4,5)6;/h13-34,37H,1-12H3;/q-3;. The number of aromatic nitrogens is 2. The van der Waals surface area contributed by atoms with E-state index in [0.29, 0.717) is 11.5 Å². The van der Waals surface area contributed by atoms with E-state index < -0.39 is 0 Å². The molecule has 0 radical (unpaired) electrons. The molecule has 8 aromatic rings. The summed E-state index contributed by atoms with van der Waals surface area (Å²) in [6.45, 7) is 29.4. The Bertz CT molecular complexity index is 3010. The molecule has 6 aromatic carbocycles. The molecular weight excluding hydrogens is 964 g/mol. The molecule has 1 aliphatic heterocycles. The summed E-state index contributed by atoms with van der Waals surface area (Å²) in [5.74, 6) is 2.10. The van der Waals surface area contributed by atoms with Crippen LogP contribution in [-0.4, -0.2) is 9.55 Å². The Morgan fingerprint density at radius 3 is 1.86 bits per heavy atom. The molecule has 0 unspecified atom stereocenters. The molecule has 330 valence electrons. The number of rotatable bonds is 6. The van der Waals surface area contributed by atoms with Crippen LogP contribution in [0.15, 0.2) is 134 Å². The number of hydrogen-bond donors (Lipinski definition) is 0. The fourth-order valence-electron chi connectivity index (χ4n) is 8.45. The molecule has 64 heavy (non-hydrogen) atoms. The Labute approximate surface area is 395 Å². The second kappa shape index (κ2) is 16.4. The average molecular weight is 1020 g/mol. The van der Waals surface area contributed by atoms with Crippen molar-refractivity contribution in [3.8, 4) is 28.4 Å². The molecule has 5 nitrogen and oxygen atoms in total. The molecule has 0 aliphatic carbocycles. The second-order valence-electron chi connectivity index (χ2n) is 21.3. The first-order valence-corrected chi connectivity index (χ1v) is 22.2. The smallest absolute Gasteiger partial charge is 0.135 e. The summed E-state index contributed by atoms with van der Waals surface area (Å²) < 4.78 is 9.09. The third-order valence-electron chi connectivity index (χ3n) is 12.3. The van der Waals surface area contributed by atoms with Crippen molar-refractivity contribution in [3.63, 3.8) is 0 Å². The molecule has 0 saturated carbocycles. The van der Waals surface area contributed by atoms with Gasteiger partial charge < -0.3 is 19.1 Å². The zero-order valence-corrected chi connectivity index (χ0v) is 41.6. The van der Waals surface area contributed by atoms with Crippen LogP contribution in [0.2, 0.25) is 0 Å². The van der Waals surface area contributed by atoms with Gasteiger partial charge in [0.25, 0.3) is 0 Å². The fourth-order valence-corrected chi connectivity index (χ4v) is 8.45. The van der Waals surface area contributed by atoms with Gasteiger partial charge in [-0.2, -0.15) is 6.07 Å². The second-order valence-corrected chi connectivity index (χ2v) is 21.3. The maximum atomic E-state index is 6.88. The SMILES string of the molecule is CC(C)(C)c1cc(Oc2[c-]c3c(cc2)c2ccccc2n3-c2cc(C(C)(C)C)ccn2)[c-]c(N2[CH-]N(c3cc(-c4ccccc4)cc(C(C)(C)C)c3)c3ccc(C(C)(C)C)cc32)c1.[Pt]. The maximum Gasteiger partial charge on any atom is 0.135 e. The number of ether oxygens (including phenoxy) is 1. The zero-order chi connectivity index (χ0) is 44.6. The number of anilines is 4. The molecular formula is C58H59N4OPt-3. The Morgan fingerprint density at radius 1 is 0.500 bits per heavy atom. The predicted molar refractivity (Wildman–Crippen MR) is 264 cm³/mol. The number of nitrogens with zero attached hydrogens (tertiary/aromatic N) is 4. The van der Waals surface area contributed by atoms with Gasteiger partial charge in [-0.15, -0.1) is 53.6 Å². The van der Waals surface area contributed by atoms with Gasteiger partial charge >= 0.3 is 0 Å². The number of fused-ring (bicyclic) bond motifs is 4. The molecule has 0 amide bonds. The van der Waals surface area contributed by atoms with Gasteiger partial charge in [0.1, 0.15) is 5.82 Å². The Balaban J connectivity index is 0.00000560. The third kappa shape index (κ3) is 8.64. The van der Waals surface area contributed by atoms with Crippen LogP contribution in [0, 0.1) is 18.8 Å². The Morgan fingerprint density at radius 2 is 1.16 bits per heavy atom. The van der Waals surface area contributed by atoms with E-state index in [1.165, 1.54) is 27.8 Å². The van der Waals surface area contributed by atoms with Gasteiger partial charge in [0.2, 0.25) is 0 Å². The largest absolute Gasteiger partial charge is 0.509 e. The van der Waals surface area contributed by atoms with Gasteiger partial charge in [-0.3, -0.25) is 0 Å². The topological polar surface area (TPSA) is 33.5 Å². The van der Waals surface area contributed by atoms with Gasteiger partial charge in [-0.1, -0.05) is 149 Å². The maximum absolute atomic E-state index is 6.88. The number of hydrogen-bond acceptors (Lipinski definition) is 4. The minimum atomic E-state index is -0.174. The van der Waals surface area contributed by atoms with Crippen molar-refractivity contribution in [2.24, 2.45) is 0 Å². The first-order valence-electron chi connectivity index (χ1n) is 22.2. The molecule has 6 heteroatoms. The minimum absolute atomic E-state index is 0.